The normalized spacial score (nSPS) is 10.2. The number of carbonyl (C=O) groups is 2. The fourth-order valence-corrected chi connectivity index (χ4v) is 2.71. The van der Waals surface area contributed by atoms with Crippen LogP contribution in [0.1, 0.15) is 28.8 Å². The van der Waals surface area contributed by atoms with Crippen LogP contribution in [0.4, 0.5) is 4.39 Å². The quantitative estimate of drug-likeness (QED) is 0.578. The number of nitrogens with one attached hydrogen (secondary N) is 2. The van der Waals surface area contributed by atoms with Gasteiger partial charge in [-0.25, -0.2) is 9.37 Å². The SMILES string of the molecule is CCN(CCc1nc2ccc(F)cc2[nH]1)C(=O)c1c[nH]c(C)cc1=O.O=CO. The van der Waals surface area contributed by atoms with Crippen LogP contribution < -0.4 is 5.43 Å². The highest BCUT2D eigenvalue weighted by Gasteiger charge is 2.18. The van der Waals surface area contributed by atoms with Crippen molar-refractivity contribution in [1.82, 2.24) is 19.9 Å². The number of nitrogens with zero attached hydrogens (tertiary/aromatic N) is 2. The number of fused-ring (bicyclic) bond motifs is 1. The Kier molecular flexibility index (Phi) is 7.02. The summed E-state index contributed by atoms with van der Waals surface area (Å²) in [5.74, 6) is 0.0298. The molecule has 0 spiro atoms. The summed E-state index contributed by atoms with van der Waals surface area (Å²) >= 11 is 0. The van der Waals surface area contributed by atoms with Crippen LogP contribution in [0.3, 0.4) is 0 Å². The van der Waals surface area contributed by atoms with E-state index in [0.29, 0.717) is 42.1 Å². The molecule has 8 nitrogen and oxygen atoms in total. The van der Waals surface area contributed by atoms with Crippen molar-refractivity contribution in [3.63, 3.8) is 0 Å². The lowest BCUT2D eigenvalue weighted by molar-refractivity contribution is -0.122. The van der Waals surface area contributed by atoms with Gasteiger partial charge in [0.25, 0.3) is 12.4 Å². The van der Waals surface area contributed by atoms with Gasteiger partial charge in [-0.15, -0.1) is 0 Å². The average Bonchev–Trinajstić information content (AvgIpc) is 3.04. The van der Waals surface area contributed by atoms with Gasteiger partial charge in [-0.05, 0) is 32.0 Å². The second kappa shape index (κ2) is 9.45. The van der Waals surface area contributed by atoms with Crippen molar-refractivity contribution in [2.24, 2.45) is 0 Å². The fourth-order valence-electron chi connectivity index (χ4n) is 2.71. The molecule has 3 N–H and O–H groups in total. The van der Waals surface area contributed by atoms with Gasteiger partial charge in [0.15, 0.2) is 5.43 Å². The van der Waals surface area contributed by atoms with E-state index in [1.165, 1.54) is 24.4 Å². The molecular formula is C19H21FN4O4. The molecule has 9 heteroatoms. The van der Waals surface area contributed by atoms with Crippen LogP contribution in [-0.2, 0) is 11.2 Å². The molecule has 3 rings (SSSR count). The van der Waals surface area contributed by atoms with Gasteiger partial charge >= 0.3 is 0 Å². The van der Waals surface area contributed by atoms with E-state index in [1.54, 1.807) is 17.9 Å². The number of H-pyrrole nitrogens is 2. The average molecular weight is 388 g/mol. The maximum Gasteiger partial charge on any atom is 0.290 e. The predicted octanol–water partition coefficient (Wildman–Crippen LogP) is 2.10. The van der Waals surface area contributed by atoms with E-state index in [2.05, 4.69) is 15.0 Å². The number of halogens is 1. The zero-order valence-electron chi connectivity index (χ0n) is 15.5. The Morgan fingerprint density at radius 3 is 2.71 bits per heavy atom. The Labute approximate surface area is 160 Å². The molecule has 1 amide bonds. The molecular weight excluding hydrogens is 367 g/mol. The largest absolute Gasteiger partial charge is 0.483 e. The van der Waals surface area contributed by atoms with Crippen molar-refractivity contribution in [2.75, 3.05) is 13.1 Å². The van der Waals surface area contributed by atoms with Gasteiger partial charge in [0.05, 0.1) is 11.0 Å². The van der Waals surface area contributed by atoms with E-state index >= 15 is 0 Å². The monoisotopic (exact) mass is 388 g/mol. The van der Waals surface area contributed by atoms with Crippen molar-refractivity contribution >= 4 is 23.4 Å². The number of amides is 1. The molecule has 0 aliphatic rings. The van der Waals surface area contributed by atoms with Crippen LogP contribution in [-0.4, -0.2) is 50.4 Å². The van der Waals surface area contributed by atoms with Crippen LogP contribution in [0.2, 0.25) is 0 Å². The summed E-state index contributed by atoms with van der Waals surface area (Å²) in [5, 5.41) is 6.89. The molecule has 0 fully saturated rings. The second-order valence-corrected chi connectivity index (χ2v) is 5.98. The standard InChI is InChI=1S/C18H19FN4O2.CH2O2/c1-3-23(18(25)13-10-20-11(2)8-16(13)24)7-6-17-21-14-5-4-12(19)9-15(14)22-17;2-1-3/h4-5,8-10H,3,6-7H2,1-2H3,(H,20,24)(H,21,22);1H,(H,2,3). The molecule has 0 bridgehead atoms. The van der Waals surface area contributed by atoms with Crippen molar-refractivity contribution in [2.45, 2.75) is 20.3 Å². The molecule has 1 aromatic carbocycles. The van der Waals surface area contributed by atoms with Gasteiger partial charge < -0.3 is 20.0 Å². The Bertz CT molecular complexity index is 1030. The van der Waals surface area contributed by atoms with E-state index in [4.69, 9.17) is 9.90 Å². The molecule has 2 aromatic heterocycles. The van der Waals surface area contributed by atoms with Gasteiger partial charge in [0.2, 0.25) is 0 Å². The molecule has 0 saturated carbocycles. The Hall–Kier alpha value is -3.49. The van der Waals surface area contributed by atoms with Gasteiger partial charge in [0, 0.05) is 37.5 Å². The minimum absolute atomic E-state index is 0.124. The number of pyridine rings is 1. The fraction of sp³-hybridized carbons (Fsp3) is 0.263. The van der Waals surface area contributed by atoms with Crippen LogP contribution >= 0.6 is 0 Å². The number of hydrogen-bond donors (Lipinski definition) is 3. The van der Waals surface area contributed by atoms with Crippen LogP contribution in [0, 0.1) is 12.7 Å². The predicted molar refractivity (Wildman–Crippen MR) is 102 cm³/mol. The van der Waals surface area contributed by atoms with Gasteiger partial charge in [0.1, 0.15) is 17.2 Å². The van der Waals surface area contributed by atoms with Crippen LogP contribution in [0.25, 0.3) is 11.0 Å². The summed E-state index contributed by atoms with van der Waals surface area (Å²) in [4.78, 5) is 44.9. The number of imidazole rings is 1. The molecule has 0 atom stereocenters. The lowest BCUT2D eigenvalue weighted by Crippen LogP contribution is -2.35. The summed E-state index contributed by atoms with van der Waals surface area (Å²) in [6, 6.07) is 5.77. The molecule has 0 saturated heterocycles. The Morgan fingerprint density at radius 1 is 1.36 bits per heavy atom. The lowest BCUT2D eigenvalue weighted by atomic mass is 10.2. The minimum Gasteiger partial charge on any atom is -0.483 e. The third-order valence-electron chi connectivity index (χ3n) is 4.07. The molecule has 148 valence electrons. The number of likely N-dealkylation sites (N-methyl/N-ethyl adjacent to an activating group) is 1. The zero-order chi connectivity index (χ0) is 20.7. The number of benzene rings is 1. The molecule has 0 aliphatic carbocycles. The molecule has 0 unspecified atom stereocenters. The highest BCUT2D eigenvalue weighted by molar-refractivity contribution is 5.93. The number of carbonyl (C=O) groups excluding carboxylic acids is 1. The summed E-state index contributed by atoms with van der Waals surface area (Å²) in [6.07, 6.45) is 1.94. The summed E-state index contributed by atoms with van der Waals surface area (Å²) in [5.41, 5.74) is 1.84. The smallest absolute Gasteiger partial charge is 0.290 e. The number of aromatic amines is 2. The lowest BCUT2D eigenvalue weighted by Gasteiger charge is -2.20. The van der Waals surface area contributed by atoms with Gasteiger partial charge in [-0.2, -0.15) is 0 Å². The summed E-state index contributed by atoms with van der Waals surface area (Å²) in [6.45, 7) is 4.25. The molecule has 2 heterocycles. The first kappa shape index (κ1) is 20.8. The van der Waals surface area contributed by atoms with Crippen molar-refractivity contribution in [3.8, 4) is 0 Å². The number of carboxylic acid groups (broad SMARTS) is 1. The van der Waals surface area contributed by atoms with Crippen molar-refractivity contribution in [1.29, 1.82) is 0 Å². The Balaban J connectivity index is 0.000000878. The molecule has 28 heavy (non-hydrogen) atoms. The first-order chi connectivity index (χ1) is 13.4. The van der Waals surface area contributed by atoms with E-state index in [-0.39, 0.29) is 29.2 Å². The van der Waals surface area contributed by atoms with Gasteiger partial charge in [-0.3, -0.25) is 14.4 Å². The van der Waals surface area contributed by atoms with E-state index in [1.807, 2.05) is 6.92 Å². The number of aryl methyl sites for hydroxylation is 1. The molecule has 3 aromatic rings. The van der Waals surface area contributed by atoms with Crippen LogP contribution in [0.5, 0.6) is 0 Å². The number of rotatable bonds is 5. The summed E-state index contributed by atoms with van der Waals surface area (Å²) in [7, 11) is 0. The maximum absolute atomic E-state index is 13.2. The zero-order valence-corrected chi connectivity index (χ0v) is 15.5. The number of hydrogen-bond acceptors (Lipinski definition) is 4. The maximum atomic E-state index is 13.2. The van der Waals surface area contributed by atoms with Crippen molar-refractivity contribution < 1.29 is 19.1 Å². The topological polar surface area (TPSA) is 119 Å². The first-order valence-electron chi connectivity index (χ1n) is 8.60. The minimum atomic E-state index is -0.327. The highest BCUT2D eigenvalue weighted by Crippen LogP contribution is 2.13. The number of aromatic nitrogens is 3. The highest BCUT2D eigenvalue weighted by atomic mass is 19.1. The molecule has 0 radical (unpaired) electrons. The molecule has 0 aliphatic heterocycles. The summed E-state index contributed by atoms with van der Waals surface area (Å²) < 4.78 is 13.2. The Morgan fingerprint density at radius 2 is 2.07 bits per heavy atom. The van der Waals surface area contributed by atoms with E-state index in [0.717, 1.165) is 0 Å². The third-order valence-corrected chi connectivity index (χ3v) is 4.07. The van der Waals surface area contributed by atoms with Crippen LogP contribution in [0.15, 0.2) is 35.3 Å². The van der Waals surface area contributed by atoms with Crippen molar-refractivity contribution in [3.05, 3.63) is 63.6 Å². The third kappa shape index (κ3) is 5.03. The first-order valence-corrected chi connectivity index (χ1v) is 8.60. The van der Waals surface area contributed by atoms with Gasteiger partial charge in [-0.1, -0.05) is 0 Å². The second-order valence-electron chi connectivity index (χ2n) is 5.98. The van der Waals surface area contributed by atoms with E-state index in [9.17, 15) is 14.0 Å². The van der Waals surface area contributed by atoms with E-state index < -0.39 is 0 Å².